The van der Waals surface area contributed by atoms with Crippen LogP contribution in [0.2, 0.25) is 0 Å². The van der Waals surface area contributed by atoms with Gasteiger partial charge in [-0.15, -0.1) is 0 Å². The molecule has 0 unspecified atom stereocenters. The first-order valence-corrected chi connectivity index (χ1v) is 8.05. The maximum Gasteiger partial charge on any atom is 0.407 e. The molecule has 0 radical (unpaired) electrons. The fraction of sp³-hybridized carbons (Fsp3) is 0.556. The number of ether oxygens (including phenoxy) is 2. The summed E-state index contributed by atoms with van der Waals surface area (Å²) in [7, 11) is 0. The predicted molar refractivity (Wildman–Crippen MR) is 86.7 cm³/mol. The molecule has 1 aliphatic carbocycles. The highest BCUT2D eigenvalue weighted by atomic mass is 16.6. The van der Waals surface area contributed by atoms with Gasteiger partial charge >= 0.3 is 12.1 Å². The molecule has 0 bridgehead atoms. The van der Waals surface area contributed by atoms with Gasteiger partial charge in [0, 0.05) is 6.04 Å². The number of nitrogens with one attached hydrogen (secondary N) is 1. The van der Waals surface area contributed by atoms with Crippen LogP contribution >= 0.6 is 0 Å². The van der Waals surface area contributed by atoms with Gasteiger partial charge in [0.25, 0.3) is 0 Å². The van der Waals surface area contributed by atoms with Crippen molar-refractivity contribution in [2.45, 2.75) is 58.3 Å². The van der Waals surface area contributed by atoms with Crippen molar-refractivity contribution in [3.05, 3.63) is 35.9 Å². The molecule has 1 aromatic rings. The molecule has 2 rings (SSSR count). The van der Waals surface area contributed by atoms with Crippen LogP contribution in [0.15, 0.2) is 30.3 Å². The number of benzene rings is 1. The van der Waals surface area contributed by atoms with Crippen LogP contribution in [0.25, 0.3) is 0 Å². The molecule has 5 nitrogen and oxygen atoms in total. The minimum absolute atomic E-state index is 0.215. The van der Waals surface area contributed by atoms with Gasteiger partial charge in [-0.2, -0.15) is 0 Å². The molecular weight excluding hydrogens is 294 g/mol. The molecule has 5 heteroatoms. The lowest BCUT2D eigenvalue weighted by atomic mass is 10.0. The lowest BCUT2D eigenvalue weighted by Gasteiger charge is -2.24. The third-order valence-electron chi connectivity index (χ3n) is 3.74. The number of carbonyl (C=O) groups excluding carboxylic acids is 2. The summed E-state index contributed by atoms with van der Waals surface area (Å²) in [4.78, 5) is 24.2. The van der Waals surface area contributed by atoms with Crippen LogP contribution in [0.4, 0.5) is 4.79 Å². The average Bonchev–Trinajstić information content (AvgIpc) is 2.92. The van der Waals surface area contributed by atoms with Crippen LogP contribution in [-0.4, -0.2) is 23.7 Å². The summed E-state index contributed by atoms with van der Waals surface area (Å²) < 4.78 is 10.6. The van der Waals surface area contributed by atoms with Crippen LogP contribution in [-0.2, 0) is 20.9 Å². The van der Waals surface area contributed by atoms with Crippen LogP contribution in [0.1, 0.15) is 45.6 Å². The topological polar surface area (TPSA) is 64.6 Å². The molecule has 0 aliphatic heterocycles. The molecule has 1 saturated carbocycles. The van der Waals surface area contributed by atoms with E-state index in [1.165, 1.54) is 0 Å². The molecule has 0 aromatic heterocycles. The molecule has 0 saturated heterocycles. The Hall–Kier alpha value is -2.04. The van der Waals surface area contributed by atoms with E-state index in [1.807, 2.05) is 51.1 Å². The molecule has 23 heavy (non-hydrogen) atoms. The van der Waals surface area contributed by atoms with Gasteiger partial charge in [-0.05, 0) is 39.2 Å². The number of rotatable bonds is 4. The van der Waals surface area contributed by atoms with Crippen LogP contribution in [0, 0.1) is 5.92 Å². The Labute approximate surface area is 137 Å². The van der Waals surface area contributed by atoms with E-state index in [2.05, 4.69) is 5.32 Å². The Morgan fingerprint density at radius 2 is 1.87 bits per heavy atom. The highest BCUT2D eigenvalue weighted by Crippen LogP contribution is 2.27. The van der Waals surface area contributed by atoms with Crippen LogP contribution < -0.4 is 5.32 Å². The molecular formula is C18H25NO4. The zero-order valence-electron chi connectivity index (χ0n) is 14.0. The number of esters is 1. The van der Waals surface area contributed by atoms with Gasteiger partial charge in [0.05, 0.1) is 5.92 Å². The monoisotopic (exact) mass is 319 g/mol. The second-order valence-corrected chi connectivity index (χ2v) is 6.88. The molecule has 0 heterocycles. The fourth-order valence-electron chi connectivity index (χ4n) is 2.71. The smallest absolute Gasteiger partial charge is 0.407 e. The van der Waals surface area contributed by atoms with E-state index >= 15 is 0 Å². The van der Waals surface area contributed by atoms with Gasteiger partial charge in [0.1, 0.15) is 12.2 Å². The first-order chi connectivity index (χ1) is 10.8. The van der Waals surface area contributed by atoms with Gasteiger partial charge in [-0.25, -0.2) is 4.79 Å². The Kier molecular flexibility index (Phi) is 5.64. The van der Waals surface area contributed by atoms with Crippen LogP contribution in [0.3, 0.4) is 0 Å². The van der Waals surface area contributed by atoms with Gasteiger partial charge < -0.3 is 14.8 Å². The molecule has 126 valence electrons. The van der Waals surface area contributed by atoms with Crippen molar-refractivity contribution in [3.8, 4) is 0 Å². The molecule has 1 N–H and O–H groups in total. The van der Waals surface area contributed by atoms with Gasteiger partial charge in [0.2, 0.25) is 0 Å². The highest BCUT2D eigenvalue weighted by Gasteiger charge is 2.36. The van der Waals surface area contributed by atoms with Gasteiger partial charge in [-0.3, -0.25) is 4.79 Å². The van der Waals surface area contributed by atoms with Crippen molar-refractivity contribution in [2.75, 3.05) is 0 Å². The molecule has 2 atom stereocenters. The highest BCUT2D eigenvalue weighted by molar-refractivity contribution is 5.75. The summed E-state index contributed by atoms with van der Waals surface area (Å²) in [5.41, 5.74) is 0.405. The number of alkyl carbamates (subject to hydrolysis) is 1. The Bertz CT molecular complexity index is 536. The van der Waals surface area contributed by atoms with Crippen molar-refractivity contribution in [3.63, 3.8) is 0 Å². The lowest BCUT2D eigenvalue weighted by Crippen LogP contribution is -2.43. The summed E-state index contributed by atoms with van der Waals surface area (Å²) in [5, 5.41) is 2.80. The normalized spacial score (nSPS) is 20.8. The fourth-order valence-corrected chi connectivity index (χ4v) is 2.71. The number of hydrogen-bond acceptors (Lipinski definition) is 4. The third kappa shape index (κ3) is 5.58. The largest absolute Gasteiger partial charge is 0.461 e. The van der Waals surface area contributed by atoms with Crippen molar-refractivity contribution in [2.24, 2.45) is 5.92 Å². The molecule has 1 fully saturated rings. The number of amides is 1. The molecule has 1 aliphatic rings. The first-order valence-electron chi connectivity index (χ1n) is 8.05. The zero-order chi connectivity index (χ0) is 16.9. The van der Waals surface area contributed by atoms with Gasteiger partial charge in [-0.1, -0.05) is 36.8 Å². The average molecular weight is 319 g/mol. The van der Waals surface area contributed by atoms with E-state index in [4.69, 9.17) is 9.47 Å². The predicted octanol–water partition coefficient (Wildman–Crippen LogP) is 3.42. The molecule has 1 aromatic carbocycles. The standard InChI is InChI=1S/C18H25NO4/c1-18(2,3)23-17(21)19-15-11-7-10-14(15)16(20)22-12-13-8-5-4-6-9-13/h4-6,8-9,14-15H,7,10-12H2,1-3H3,(H,19,21)/t14-,15+/m0/s1. The Morgan fingerprint density at radius 1 is 1.17 bits per heavy atom. The Morgan fingerprint density at radius 3 is 2.52 bits per heavy atom. The minimum Gasteiger partial charge on any atom is -0.461 e. The van der Waals surface area contributed by atoms with Crippen molar-refractivity contribution in [1.82, 2.24) is 5.32 Å². The van der Waals surface area contributed by atoms with E-state index in [1.54, 1.807) is 0 Å². The van der Waals surface area contributed by atoms with E-state index < -0.39 is 11.7 Å². The second-order valence-electron chi connectivity index (χ2n) is 6.88. The van der Waals surface area contributed by atoms with Crippen molar-refractivity contribution < 1.29 is 19.1 Å². The minimum atomic E-state index is -0.550. The van der Waals surface area contributed by atoms with Crippen LogP contribution in [0.5, 0.6) is 0 Å². The van der Waals surface area contributed by atoms with E-state index in [0.717, 1.165) is 24.8 Å². The first kappa shape index (κ1) is 17.3. The van der Waals surface area contributed by atoms with Crippen molar-refractivity contribution >= 4 is 12.1 Å². The van der Waals surface area contributed by atoms with Crippen molar-refractivity contribution in [1.29, 1.82) is 0 Å². The van der Waals surface area contributed by atoms with E-state index in [0.29, 0.717) is 0 Å². The Balaban J connectivity index is 1.85. The number of hydrogen-bond donors (Lipinski definition) is 1. The lowest BCUT2D eigenvalue weighted by molar-refractivity contribution is -0.150. The summed E-state index contributed by atoms with van der Waals surface area (Å²) >= 11 is 0. The zero-order valence-corrected chi connectivity index (χ0v) is 14.0. The van der Waals surface area contributed by atoms with E-state index in [9.17, 15) is 9.59 Å². The van der Waals surface area contributed by atoms with Gasteiger partial charge in [0.15, 0.2) is 0 Å². The summed E-state index contributed by atoms with van der Waals surface area (Å²) in [6.07, 6.45) is 1.91. The molecule has 1 amide bonds. The SMILES string of the molecule is CC(C)(C)OC(=O)N[C@@H]1CCC[C@@H]1C(=O)OCc1ccccc1. The molecule has 0 spiro atoms. The van der Waals surface area contributed by atoms with E-state index in [-0.39, 0.29) is 24.5 Å². The maximum atomic E-state index is 12.3. The maximum absolute atomic E-state index is 12.3. The summed E-state index contributed by atoms with van der Waals surface area (Å²) in [6, 6.07) is 9.35. The quantitative estimate of drug-likeness (QED) is 0.864. The summed E-state index contributed by atoms with van der Waals surface area (Å²) in [6.45, 7) is 5.70. The third-order valence-corrected chi connectivity index (χ3v) is 3.74. The summed E-state index contributed by atoms with van der Waals surface area (Å²) in [5.74, 6) is -0.557. The number of carbonyl (C=O) groups is 2. The second kappa shape index (κ2) is 7.49.